The predicted octanol–water partition coefficient (Wildman–Crippen LogP) is 3.22. The fourth-order valence-electron chi connectivity index (χ4n) is 0.645. The third-order valence-electron chi connectivity index (χ3n) is 1.14. The Balaban J connectivity index is 0. The highest BCUT2D eigenvalue weighted by Crippen LogP contribution is 1.99. The van der Waals surface area contributed by atoms with E-state index in [2.05, 4.69) is 6.58 Å². The molecule has 0 heterocycles. The third kappa shape index (κ3) is 7.13. The molecular weight excluding hydrogens is 146 g/mol. The van der Waals surface area contributed by atoms with Crippen LogP contribution in [0.25, 0.3) is 0 Å². The Kier molecular flexibility index (Phi) is 11.4. The lowest BCUT2D eigenvalue weighted by molar-refractivity contribution is 0.530. The number of nitrogens with zero attached hydrogens (tertiary/aromatic N) is 1. The molecule has 0 aliphatic carbocycles. The lowest BCUT2D eigenvalue weighted by Gasteiger charge is -2.12. The lowest BCUT2D eigenvalue weighted by Crippen LogP contribution is -2.08. The van der Waals surface area contributed by atoms with Gasteiger partial charge in [-0.25, -0.2) is 0 Å². The van der Waals surface area contributed by atoms with Crippen LogP contribution in [-0.4, -0.2) is 19.0 Å². The van der Waals surface area contributed by atoms with Gasteiger partial charge in [0.25, 0.3) is 0 Å². The van der Waals surface area contributed by atoms with Crippen molar-refractivity contribution < 1.29 is 0 Å². The van der Waals surface area contributed by atoms with Crippen molar-refractivity contribution in [1.29, 1.82) is 0 Å². The van der Waals surface area contributed by atoms with E-state index in [9.17, 15) is 0 Å². The van der Waals surface area contributed by atoms with E-state index in [-0.39, 0.29) is 0 Å². The van der Waals surface area contributed by atoms with Gasteiger partial charge in [0.2, 0.25) is 0 Å². The van der Waals surface area contributed by atoms with E-state index in [0.717, 1.165) is 5.70 Å². The molecule has 70 valence electrons. The first kappa shape index (κ1) is 13.6. The van der Waals surface area contributed by atoms with E-state index in [1.54, 1.807) is 6.08 Å². The molecule has 0 amide bonds. The highest BCUT2D eigenvalue weighted by Gasteiger charge is 1.89. The Morgan fingerprint density at radius 2 is 1.75 bits per heavy atom. The minimum absolute atomic E-state index is 1.16. The van der Waals surface area contributed by atoms with E-state index in [0.29, 0.717) is 0 Å². The molecule has 0 rings (SSSR count). The molecule has 1 nitrogen and oxygen atoms in total. The first-order valence-electron chi connectivity index (χ1n) is 4.35. The number of hydrogen-bond acceptors (Lipinski definition) is 1. The van der Waals surface area contributed by atoms with E-state index in [1.165, 1.54) is 0 Å². The minimum Gasteiger partial charge on any atom is -0.378 e. The summed E-state index contributed by atoms with van der Waals surface area (Å²) in [6, 6.07) is 0. The van der Waals surface area contributed by atoms with Gasteiger partial charge in [-0.15, -0.1) is 0 Å². The molecule has 0 atom stereocenters. The van der Waals surface area contributed by atoms with Gasteiger partial charge in [0, 0.05) is 19.8 Å². The maximum atomic E-state index is 3.63. The van der Waals surface area contributed by atoms with Crippen LogP contribution in [0.3, 0.4) is 0 Å². The van der Waals surface area contributed by atoms with Gasteiger partial charge < -0.3 is 4.90 Å². The van der Waals surface area contributed by atoms with Crippen LogP contribution in [0.5, 0.6) is 0 Å². The topological polar surface area (TPSA) is 3.24 Å². The van der Waals surface area contributed by atoms with Gasteiger partial charge in [-0.05, 0) is 19.1 Å². The summed E-state index contributed by atoms with van der Waals surface area (Å²) in [6.07, 6.45) is 7.81. The van der Waals surface area contributed by atoms with Crippen LogP contribution in [-0.2, 0) is 0 Å². The second kappa shape index (κ2) is 10.0. The van der Waals surface area contributed by atoms with Crippen LogP contribution < -0.4 is 0 Å². The van der Waals surface area contributed by atoms with Crippen LogP contribution in [0, 0.1) is 0 Å². The summed E-state index contributed by atoms with van der Waals surface area (Å²) in [5, 5.41) is 0. The maximum Gasteiger partial charge on any atom is 0.0357 e. The number of allylic oxidation sites excluding steroid dienone is 4. The van der Waals surface area contributed by atoms with Crippen LogP contribution in [0.4, 0.5) is 0 Å². The maximum absolute atomic E-state index is 3.63. The van der Waals surface area contributed by atoms with E-state index in [1.807, 2.05) is 58.0 Å². The molecule has 0 spiro atoms. The van der Waals surface area contributed by atoms with Crippen molar-refractivity contribution in [2.24, 2.45) is 0 Å². The molecule has 0 aliphatic heterocycles. The van der Waals surface area contributed by atoms with Crippen molar-refractivity contribution in [1.82, 2.24) is 4.90 Å². The quantitative estimate of drug-likeness (QED) is 0.583. The minimum atomic E-state index is 1.16. The van der Waals surface area contributed by atoms with Crippen molar-refractivity contribution >= 4 is 0 Å². The smallest absolute Gasteiger partial charge is 0.0357 e. The lowest BCUT2D eigenvalue weighted by atomic mass is 10.3. The SMILES string of the molecule is C=C/C=C(\C=C/C)N(C)C.CC. The van der Waals surface area contributed by atoms with Gasteiger partial charge in [0.05, 0.1) is 0 Å². The van der Waals surface area contributed by atoms with Gasteiger partial charge in [-0.3, -0.25) is 0 Å². The predicted molar refractivity (Wildman–Crippen MR) is 58.1 cm³/mol. The number of hydrogen-bond donors (Lipinski definition) is 0. The molecule has 0 unspecified atom stereocenters. The molecule has 0 N–H and O–H groups in total. The Bertz CT molecular complexity index is 152. The summed E-state index contributed by atoms with van der Waals surface area (Å²) in [4.78, 5) is 2.04. The van der Waals surface area contributed by atoms with Gasteiger partial charge >= 0.3 is 0 Å². The van der Waals surface area contributed by atoms with Crippen molar-refractivity contribution in [3.63, 3.8) is 0 Å². The fraction of sp³-hybridized carbons (Fsp3) is 0.455. The van der Waals surface area contributed by atoms with Crippen LogP contribution in [0.2, 0.25) is 0 Å². The molecule has 12 heavy (non-hydrogen) atoms. The van der Waals surface area contributed by atoms with Gasteiger partial charge in [0.15, 0.2) is 0 Å². The summed E-state index contributed by atoms with van der Waals surface area (Å²) in [7, 11) is 4.02. The average molecular weight is 167 g/mol. The Hall–Kier alpha value is -0.980. The summed E-state index contributed by atoms with van der Waals surface area (Å²) in [5.74, 6) is 0. The fourth-order valence-corrected chi connectivity index (χ4v) is 0.645. The third-order valence-corrected chi connectivity index (χ3v) is 1.14. The van der Waals surface area contributed by atoms with Crippen LogP contribution in [0.15, 0.2) is 36.6 Å². The zero-order chi connectivity index (χ0) is 9.98. The van der Waals surface area contributed by atoms with E-state index in [4.69, 9.17) is 0 Å². The molecule has 0 aromatic heterocycles. The number of rotatable bonds is 3. The van der Waals surface area contributed by atoms with Crippen LogP contribution in [0.1, 0.15) is 20.8 Å². The molecule has 0 fully saturated rings. The molecule has 0 radical (unpaired) electrons. The molecule has 0 saturated carbocycles. The molecule has 0 bridgehead atoms. The monoisotopic (exact) mass is 167 g/mol. The molecule has 0 aromatic rings. The standard InChI is InChI=1S/C9H15N.C2H6/c1-5-7-9(8-6-2)10(3)4;1-2/h5-8H,1H2,2-4H3;1-2H3/b8-6-,9-7+;. The van der Waals surface area contributed by atoms with Crippen molar-refractivity contribution in [3.05, 3.63) is 36.6 Å². The normalized spacial score (nSPS) is 10.6. The molecule has 0 saturated heterocycles. The highest BCUT2D eigenvalue weighted by molar-refractivity contribution is 5.20. The largest absolute Gasteiger partial charge is 0.378 e. The second-order valence-corrected chi connectivity index (χ2v) is 2.22. The Morgan fingerprint density at radius 1 is 1.25 bits per heavy atom. The van der Waals surface area contributed by atoms with E-state index < -0.39 is 0 Å². The van der Waals surface area contributed by atoms with Gasteiger partial charge in [-0.1, -0.05) is 32.6 Å². The molecule has 0 aliphatic rings. The zero-order valence-electron chi connectivity index (χ0n) is 8.96. The Labute approximate surface area is 77.1 Å². The van der Waals surface area contributed by atoms with Crippen molar-refractivity contribution in [2.75, 3.05) is 14.1 Å². The van der Waals surface area contributed by atoms with Gasteiger partial charge in [0.1, 0.15) is 0 Å². The van der Waals surface area contributed by atoms with Crippen molar-refractivity contribution in [2.45, 2.75) is 20.8 Å². The number of likely N-dealkylation sites (N-methyl/N-ethyl adjacent to an activating group) is 1. The van der Waals surface area contributed by atoms with E-state index >= 15 is 0 Å². The summed E-state index contributed by atoms with van der Waals surface area (Å²) < 4.78 is 0. The first-order valence-corrected chi connectivity index (χ1v) is 4.35. The summed E-state index contributed by atoms with van der Waals surface area (Å²) in [5.41, 5.74) is 1.16. The zero-order valence-corrected chi connectivity index (χ0v) is 8.96. The summed E-state index contributed by atoms with van der Waals surface area (Å²) in [6.45, 7) is 9.63. The molecular formula is C11H21N. The van der Waals surface area contributed by atoms with Crippen molar-refractivity contribution in [3.8, 4) is 0 Å². The molecule has 0 aromatic carbocycles. The second-order valence-electron chi connectivity index (χ2n) is 2.22. The Morgan fingerprint density at radius 3 is 2.00 bits per heavy atom. The molecule has 1 heteroatoms. The highest BCUT2D eigenvalue weighted by atomic mass is 15.1. The van der Waals surface area contributed by atoms with Crippen LogP contribution >= 0.6 is 0 Å². The summed E-state index contributed by atoms with van der Waals surface area (Å²) >= 11 is 0. The van der Waals surface area contributed by atoms with Gasteiger partial charge in [-0.2, -0.15) is 0 Å². The first-order chi connectivity index (χ1) is 5.72. The average Bonchev–Trinajstić information content (AvgIpc) is 2.08.